The van der Waals surface area contributed by atoms with E-state index in [-0.39, 0.29) is 25.0 Å². The fraction of sp³-hybridized carbons (Fsp3) is 0.600. The molecule has 26 heavy (non-hydrogen) atoms. The number of hydrogen-bond acceptors (Lipinski definition) is 5. The van der Waals surface area contributed by atoms with Crippen molar-refractivity contribution in [3.63, 3.8) is 0 Å². The van der Waals surface area contributed by atoms with Crippen molar-refractivity contribution in [2.24, 2.45) is 5.92 Å². The van der Waals surface area contributed by atoms with Gasteiger partial charge in [-0.2, -0.15) is 0 Å². The molecule has 4 rings (SSSR count). The minimum absolute atomic E-state index is 0.0302. The first kappa shape index (κ1) is 17.5. The Morgan fingerprint density at radius 2 is 1.88 bits per heavy atom. The fourth-order valence-electron chi connectivity index (χ4n) is 4.70. The van der Waals surface area contributed by atoms with Crippen LogP contribution >= 0.6 is 0 Å². The summed E-state index contributed by atoms with van der Waals surface area (Å²) in [5.74, 6) is 1.87. The number of amides is 2. The van der Waals surface area contributed by atoms with Crippen LogP contribution in [-0.2, 0) is 20.7 Å². The minimum Gasteiger partial charge on any atom is -0.496 e. The molecule has 0 radical (unpaired) electrons. The third-order valence-corrected chi connectivity index (χ3v) is 5.91. The highest BCUT2D eigenvalue weighted by Gasteiger charge is 2.41. The van der Waals surface area contributed by atoms with E-state index in [1.54, 1.807) is 7.11 Å². The van der Waals surface area contributed by atoms with Crippen LogP contribution in [0.4, 0.5) is 0 Å². The molecule has 0 bridgehead atoms. The maximum atomic E-state index is 11.7. The summed E-state index contributed by atoms with van der Waals surface area (Å²) in [6.45, 7) is 3.79. The molecule has 2 saturated heterocycles. The summed E-state index contributed by atoms with van der Waals surface area (Å²) < 4.78 is 10.5. The lowest BCUT2D eigenvalue weighted by Crippen LogP contribution is -2.46. The number of carbonyl (C=O) groups excluding carboxylic acids is 2. The molecule has 1 aromatic rings. The van der Waals surface area contributed by atoms with E-state index < -0.39 is 0 Å². The van der Waals surface area contributed by atoms with Gasteiger partial charge in [-0.25, -0.2) is 0 Å². The molecular formula is C20H26N2O4. The van der Waals surface area contributed by atoms with Crippen molar-refractivity contribution in [1.82, 2.24) is 9.80 Å². The van der Waals surface area contributed by atoms with Crippen LogP contribution < -0.4 is 4.74 Å². The highest BCUT2D eigenvalue weighted by atomic mass is 16.5. The number of unbranched alkanes of at least 4 members (excludes halogenated alkanes) is 1. The number of rotatable bonds is 6. The Hall–Kier alpha value is -1.92. The fourth-order valence-corrected chi connectivity index (χ4v) is 4.70. The largest absolute Gasteiger partial charge is 0.496 e. The summed E-state index contributed by atoms with van der Waals surface area (Å²) in [6.07, 6.45) is 2.99. The number of ether oxygens (including phenoxy) is 2. The zero-order chi connectivity index (χ0) is 18.1. The Morgan fingerprint density at radius 3 is 2.65 bits per heavy atom. The van der Waals surface area contributed by atoms with E-state index in [9.17, 15) is 9.59 Å². The van der Waals surface area contributed by atoms with E-state index in [1.165, 1.54) is 16.0 Å². The second-order valence-corrected chi connectivity index (χ2v) is 7.50. The maximum absolute atomic E-state index is 11.7. The molecule has 1 aromatic carbocycles. The van der Waals surface area contributed by atoms with Crippen LogP contribution in [-0.4, -0.2) is 68.1 Å². The van der Waals surface area contributed by atoms with Gasteiger partial charge in [0.2, 0.25) is 0 Å². The second kappa shape index (κ2) is 7.37. The lowest BCUT2D eigenvalue weighted by molar-refractivity contribution is -0.158. The van der Waals surface area contributed by atoms with E-state index in [0.717, 1.165) is 44.6 Å². The number of carbonyl (C=O) groups is 2. The Labute approximate surface area is 154 Å². The average Bonchev–Trinajstić information content (AvgIpc) is 3.17. The van der Waals surface area contributed by atoms with Gasteiger partial charge in [-0.05, 0) is 43.4 Å². The third-order valence-electron chi connectivity index (χ3n) is 5.91. The Morgan fingerprint density at radius 1 is 1.12 bits per heavy atom. The molecule has 6 nitrogen and oxygen atoms in total. The van der Waals surface area contributed by atoms with Crippen LogP contribution in [0, 0.1) is 5.92 Å². The van der Waals surface area contributed by atoms with E-state index in [1.807, 2.05) is 0 Å². The molecule has 2 aliphatic heterocycles. The number of methoxy groups -OCH3 is 1. The van der Waals surface area contributed by atoms with Crippen LogP contribution in [0.3, 0.4) is 0 Å². The molecule has 6 heteroatoms. The molecule has 2 unspecified atom stereocenters. The standard InChI is InChI=1S/C20H26N2O4/c1-25-17-6-4-5-14-9-15-10-21(11-16(15)20(14)17)7-2-3-8-22-18(23)12-26-13-19(22)24/h4-6,15-16H,2-3,7-13H2,1H3. The number of nitrogens with zero attached hydrogens (tertiary/aromatic N) is 2. The topological polar surface area (TPSA) is 59.1 Å². The molecule has 0 N–H and O–H groups in total. The minimum atomic E-state index is -0.208. The molecule has 140 valence electrons. The molecule has 0 spiro atoms. The van der Waals surface area contributed by atoms with Gasteiger partial charge in [0.15, 0.2) is 0 Å². The predicted octanol–water partition coefficient (Wildman–Crippen LogP) is 1.43. The van der Waals surface area contributed by atoms with Gasteiger partial charge in [0, 0.05) is 31.1 Å². The van der Waals surface area contributed by atoms with Crippen molar-refractivity contribution >= 4 is 11.8 Å². The van der Waals surface area contributed by atoms with Crippen molar-refractivity contribution in [2.75, 3.05) is 46.5 Å². The number of morpholine rings is 1. The van der Waals surface area contributed by atoms with Gasteiger partial charge >= 0.3 is 0 Å². The van der Waals surface area contributed by atoms with Crippen molar-refractivity contribution in [3.8, 4) is 5.75 Å². The van der Waals surface area contributed by atoms with E-state index in [4.69, 9.17) is 9.47 Å². The SMILES string of the molecule is COc1cccc2c1C1CN(CCCCN3C(=O)COCC3=O)CC1C2. The number of fused-ring (bicyclic) bond motifs is 3. The smallest absolute Gasteiger partial charge is 0.255 e. The third kappa shape index (κ3) is 3.23. The summed E-state index contributed by atoms with van der Waals surface area (Å²) in [5.41, 5.74) is 2.86. The van der Waals surface area contributed by atoms with Crippen molar-refractivity contribution in [1.29, 1.82) is 0 Å². The van der Waals surface area contributed by atoms with Gasteiger partial charge < -0.3 is 14.4 Å². The van der Waals surface area contributed by atoms with Crippen LogP contribution in [0.1, 0.15) is 29.9 Å². The molecule has 0 aromatic heterocycles. The summed E-state index contributed by atoms with van der Waals surface area (Å²) in [7, 11) is 1.75. The summed E-state index contributed by atoms with van der Waals surface area (Å²) >= 11 is 0. The Balaban J connectivity index is 1.27. The first-order chi connectivity index (χ1) is 12.7. The first-order valence-electron chi connectivity index (χ1n) is 9.46. The Kier molecular flexibility index (Phi) is 4.96. The van der Waals surface area contributed by atoms with Crippen LogP contribution in [0.2, 0.25) is 0 Å². The van der Waals surface area contributed by atoms with Crippen LogP contribution in [0.15, 0.2) is 18.2 Å². The summed E-state index contributed by atoms with van der Waals surface area (Å²) in [5, 5.41) is 0. The molecule has 2 atom stereocenters. The monoisotopic (exact) mass is 358 g/mol. The van der Waals surface area contributed by atoms with E-state index in [0.29, 0.717) is 18.4 Å². The van der Waals surface area contributed by atoms with Crippen molar-refractivity contribution in [2.45, 2.75) is 25.2 Å². The molecule has 0 saturated carbocycles. The number of benzene rings is 1. The molecule has 3 aliphatic rings. The zero-order valence-electron chi connectivity index (χ0n) is 15.3. The maximum Gasteiger partial charge on any atom is 0.255 e. The number of likely N-dealkylation sites (tertiary alicyclic amines) is 1. The highest BCUT2D eigenvalue weighted by molar-refractivity contribution is 5.98. The van der Waals surface area contributed by atoms with Crippen molar-refractivity contribution < 1.29 is 19.1 Å². The van der Waals surface area contributed by atoms with Crippen LogP contribution in [0.25, 0.3) is 0 Å². The Bertz CT molecular complexity index is 689. The number of hydrogen-bond donors (Lipinski definition) is 0. The lowest BCUT2D eigenvalue weighted by Gasteiger charge is -2.25. The number of imide groups is 1. The van der Waals surface area contributed by atoms with Gasteiger partial charge in [-0.15, -0.1) is 0 Å². The van der Waals surface area contributed by atoms with Gasteiger partial charge in [0.05, 0.1) is 7.11 Å². The predicted molar refractivity (Wildman–Crippen MR) is 96.1 cm³/mol. The van der Waals surface area contributed by atoms with Crippen molar-refractivity contribution in [3.05, 3.63) is 29.3 Å². The molecule has 2 amide bonds. The zero-order valence-corrected chi connectivity index (χ0v) is 15.3. The lowest BCUT2D eigenvalue weighted by atomic mass is 9.96. The van der Waals surface area contributed by atoms with E-state index >= 15 is 0 Å². The normalized spacial score (nSPS) is 25.5. The first-order valence-corrected chi connectivity index (χ1v) is 9.46. The van der Waals surface area contributed by atoms with Gasteiger partial charge in [0.25, 0.3) is 11.8 Å². The molecule has 2 fully saturated rings. The van der Waals surface area contributed by atoms with Gasteiger partial charge in [-0.3, -0.25) is 14.5 Å². The summed E-state index contributed by atoms with van der Waals surface area (Å²) in [6, 6.07) is 6.39. The molecule has 1 aliphatic carbocycles. The van der Waals surface area contributed by atoms with E-state index in [2.05, 4.69) is 23.1 Å². The van der Waals surface area contributed by atoms with Crippen LogP contribution in [0.5, 0.6) is 5.75 Å². The van der Waals surface area contributed by atoms with Gasteiger partial charge in [0.1, 0.15) is 19.0 Å². The molecular weight excluding hydrogens is 332 g/mol. The second-order valence-electron chi connectivity index (χ2n) is 7.50. The quantitative estimate of drug-likeness (QED) is 0.569. The summed E-state index contributed by atoms with van der Waals surface area (Å²) in [4.78, 5) is 27.3. The molecule has 2 heterocycles. The highest BCUT2D eigenvalue weighted by Crippen LogP contribution is 2.46. The average molecular weight is 358 g/mol. The van der Waals surface area contributed by atoms with Gasteiger partial charge in [-0.1, -0.05) is 12.1 Å².